The van der Waals surface area contributed by atoms with Crippen LogP contribution < -0.4 is 15.4 Å². The molecule has 4 N–H and O–H groups in total. The first-order valence-corrected chi connectivity index (χ1v) is 18.5. The molecule has 0 saturated heterocycles. The number of nitrogens with one attached hydrogen (secondary N) is 2. The largest absolute Gasteiger partial charge is 0.483 e. The van der Waals surface area contributed by atoms with Crippen molar-refractivity contribution in [3.8, 4) is 5.75 Å². The van der Waals surface area contributed by atoms with Gasteiger partial charge in [-0.15, -0.1) is 0 Å². The minimum absolute atomic E-state index is 0.0434. The van der Waals surface area contributed by atoms with Crippen molar-refractivity contribution in [1.29, 1.82) is 0 Å². The van der Waals surface area contributed by atoms with Crippen molar-refractivity contribution in [2.45, 2.75) is 84.6 Å². The summed E-state index contributed by atoms with van der Waals surface area (Å²) in [5, 5.41) is 27.2. The number of aliphatic hydroxyl groups is 2. The number of rotatable bonds is 20. The number of ketones is 1. The third-order valence-electron chi connectivity index (χ3n) is 9.32. The molecule has 0 aliphatic heterocycles. The Morgan fingerprint density at radius 3 is 1.92 bits per heavy atom. The summed E-state index contributed by atoms with van der Waals surface area (Å²) < 4.78 is 5.94. The maximum atomic E-state index is 14.0. The van der Waals surface area contributed by atoms with E-state index in [1.54, 1.807) is 18.2 Å². The summed E-state index contributed by atoms with van der Waals surface area (Å²) in [5.41, 5.74) is 5.45. The third kappa shape index (κ3) is 13.8. The number of aryl methyl sites for hydroxylation is 2. The average Bonchev–Trinajstić information content (AvgIpc) is 3.14. The topological polar surface area (TPSA) is 125 Å². The fourth-order valence-electron chi connectivity index (χ4n) is 6.54. The van der Waals surface area contributed by atoms with Crippen molar-refractivity contribution in [2.75, 3.05) is 6.61 Å². The molecule has 0 aliphatic carbocycles. The zero-order valence-corrected chi connectivity index (χ0v) is 31.3. The molecule has 0 aromatic heterocycles. The third-order valence-corrected chi connectivity index (χ3v) is 9.32. The van der Waals surface area contributed by atoms with E-state index < -0.39 is 24.1 Å². The van der Waals surface area contributed by atoms with Gasteiger partial charge in [0, 0.05) is 18.5 Å². The summed E-state index contributed by atoms with van der Waals surface area (Å²) in [5.74, 6) is -0.499. The van der Waals surface area contributed by atoms with Crippen LogP contribution in [0.25, 0.3) is 6.08 Å². The molecular formula is C45H54N2O6. The van der Waals surface area contributed by atoms with E-state index >= 15 is 0 Å². The number of benzene rings is 4. The number of hydrogen-bond donors (Lipinski definition) is 4. The lowest BCUT2D eigenvalue weighted by Crippen LogP contribution is -2.45. The van der Waals surface area contributed by atoms with Gasteiger partial charge in [-0.3, -0.25) is 14.4 Å². The van der Waals surface area contributed by atoms with E-state index in [1.165, 1.54) is 6.08 Å². The fourth-order valence-corrected chi connectivity index (χ4v) is 6.54. The van der Waals surface area contributed by atoms with E-state index in [-0.39, 0.29) is 49.6 Å². The van der Waals surface area contributed by atoms with Crippen LogP contribution in [0.1, 0.15) is 66.5 Å². The molecule has 4 rings (SSSR count). The Balaban J connectivity index is 1.50. The average molecular weight is 719 g/mol. The molecule has 0 unspecified atom stereocenters. The minimum atomic E-state index is -0.940. The lowest BCUT2D eigenvalue weighted by molar-refractivity contribution is -0.127. The highest BCUT2D eigenvalue weighted by Gasteiger charge is 2.30. The highest BCUT2D eigenvalue weighted by atomic mass is 16.5. The SMILES string of the molecule is Cc1cccc(C)c1OCC(=O)N[C@@H](Cc1ccccc1)C[C@H](O)[C@@H](CC(=O)[C@H](CC(C)C)NC(=O)/C=C/c1ccc(CO)cc1)Cc1ccccc1. The highest BCUT2D eigenvalue weighted by Crippen LogP contribution is 2.25. The van der Waals surface area contributed by atoms with Gasteiger partial charge in [0.05, 0.1) is 18.8 Å². The summed E-state index contributed by atoms with van der Waals surface area (Å²) in [6.07, 6.45) is 3.78. The van der Waals surface area contributed by atoms with Crippen molar-refractivity contribution >= 4 is 23.7 Å². The molecular weight excluding hydrogens is 665 g/mol. The van der Waals surface area contributed by atoms with Crippen LogP contribution >= 0.6 is 0 Å². The number of ether oxygens (including phenoxy) is 1. The lowest BCUT2D eigenvalue weighted by atomic mass is 9.83. The summed E-state index contributed by atoms with van der Waals surface area (Å²) >= 11 is 0. The molecule has 0 spiro atoms. The van der Waals surface area contributed by atoms with Crippen LogP contribution in [0, 0.1) is 25.7 Å². The quantitative estimate of drug-likeness (QED) is 0.0753. The van der Waals surface area contributed by atoms with Gasteiger partial charge < -0.3 is 25.6 Å². The molecule has 53 heavy (non-hydrogen) atoms. The fraction of sp³-hybridized carbons (Fsp3) is 0.356. The predicted octanol–water partition coefficient (Wildman–Crippen LogP) is 6.72. The molecule has 4 aromatic carbocycles. The van der Waals surface area contributed by atoms with Crippen molar-refractivity contribution in [3.63, 3.8) is 0 Å². The lowest BCUT2D eigenvalue weighted by Gasteiger charge is -2.29. The number of hydrogen-bond acceptors (Lipinski definition) is 6. The molecule has 280 valence electrons. The molecule has 0 saturated carbocycles. The predicted molar refractivity (Wildman–Crippen MR) is 210 cm³/mol. The molecule has 0 heterocycles. The van der Waals surface area contributed by atoms with Gasteiger partial charge >= 0.3 is 0 Å². The normalized spacial score (nSPS) is 13.6. The highest BCUT2D eigenvalue weighted by molar-refractivity contribution is 5.96. The van der Waals surface area contributed by atoms with Crippen LogP contribution in [-0.4, -0.2) is 52.6 Å². The molecule has 0 aliphatic rings. The number of carbonyl (C=O) groups is 3. The second-order valence-corrected chi connectivity index (χ2v) is 14.3. The van der Waals surface area contributed by atoms with Gasteiger partial charge in [0.2, 0.25) is 5.91 Å². The monoisotopic (exact) mass is 718 g/mol. The van der Waals surface area contributed by atoms with E-state index in [0.29, 0.717) is 25.0 Å². The van der Waals surface area contributed by atoms with E-state index in [2.05, 4.69) is 10.6 Å². The van der Waals surface area contributed by atoms with Gasteiger partial charge in [0.25, 0.3) is 5.91 Å². The van der Waals surface area contributed by atoms with Gasteiger partial charge in [-0.2, -0.15) is 0 Å². The Morgan fingerprint density at radius 1 is 0.736 bits per heavy atom. The summed E-state index contributed by atoms with van der Waals surface area (Å²) in [6, 6.07) is 31.4. The number of carbonyl (C=O) groups excluding carboxylic acids is 3. The Morgan fingerprint density at radius 2 is 1.34 bits per heavy atom. The van der Waals surface area contributed by atoms with Crippen LogP contribution in [0.5, 0.6) is 5.75 Å². The maximum absolute atomic E-state index is 14.0. The standard InChI is InChI=1S/C45H54N2O6/c1-31(2)24-40(47-43(51)23-22-34-18-20-37(29-48)21-19-34)42(50)27-38(25-35-14-7-5-8-15-35)41(49)28-39(26-36-16-9-6-10-17-36)46-44(52)30-53-45-32(3)12-11-13-33(45)4/h5-23,31,38-41,48-49H,24-30H2,1-4H3,(H,46,52)(H,47,51)/b23-22+/t38-,39+,40+,41+/m1/s1. The summed E-state index contributed by atoms with van der Waals surface area (Å²) in [6.45, 7) is 7.66. The first-order valence-electron chi connectivity index (χ1n) is 18.5. The van der Waals surface area contributed by atoms with Gasteiger partial charge in [-0.25, -0.2) is 0 Å². The maximum Gasteiger partial charge on any atom is 0.258 e. The van der Waals surface area contributed by atoms with Crippen molar-refractivity contribution in [2.24, 2.45) is 11.8 Å². The van der Waals surface area contributed by atoms with Crippen LogP contribution in [0.4, 0.5) is 0 Å². The van der Waals surface area contributed by atoms with Crippen molar-refractivity contribution < 1.29 is 29.3 Å². The number of para-hydroxylation sites is 1. The van der Waals surface area contributed by atoms with Crippen LogP contribution in [0.15, 0.2) is 109 Å². The van der Waals surface area contributed by atoms with Crippen LogP contribution in [0.3, 0.4) is 0 Å². The minimum Gasteiger partial charge on any atom is -0.483 e. The second kappa shape index (κ2) is 20.9. The smallest absolute Gasteiger partial charge is 0.258 e. The molecule has 0 radical (unpaired) electrons. The van der Waals surface area contributed by atoms with Crippen molar-refractivity contribution in [1.82, 2.24) is 10.6 Å². The van der Waals surface area contributed by atoms with E-state index in [9.17, 15) is 24.6 Å². The van der Waals surface area contributed by atoms with Gasteiger partial charge in [-0.05, 0) is 90.8 Å². The molecule has 8 nitrogen and oxygen atoms in total. The van der Waals surface area contributed by atoms with Crippen molar-refractivity contribution in [3.05, 3.63) is 143 Å². The van der Waals surface area contributed by atoms with Gasteiger partial charge in [0.15, 0.2) is 12.4 Å². The molecule has 4 aromatic rings. The first kappa shape index (κ1) is 40.7. The molecule has 8 heteroatoms. The molecule has 2 amide bonds. The Labute approximate surface area is 314 Å². The summed E-state index contributed by atoms with van der Waals surface area (Å²) in [4.78, 5) is 40.4. The summed E-state index contributed by atoms with van der Waals surface area (Å²) in [7, 11) is 0. The van der Waals surface area contributed by atoms with E-state index in [4.69, 9.17) is 4.74 Å². The van der Waals surface area contributed by atoms with Crippen LogP contribution in [0.2, 0.25) is 0 Å². The van der Waals surface area contributed by atoms with Crippen LogP contribution in [-0.2, 0) is 33.8 Å². The van der Waals surface area contributed by atoms with E-state index in [0.717, 1.165) is 33.4 Å². The zero-order valence-electron chi connectivity index (χ0n) is 31.3. The zero-order chi connectivity index (χ0) is 38.2. The Kier molecular flexibility index (Phi) is 16.0. The number of aliphatic hydroxyl groups excluding tert-OH is 2. The van der Waals surface area contributed by atoms with Gasteiger partial charge in [0.1, 0.15) is 5.75 Å². The van der Waals surface area contributed by atoms with Gasteiger partial charge in [-0.1, -0.05) is 117 Å². The number of Topliss-reactive ketones (excluding diaryl/α,β-unsaturated/α-hetero) is 1. The second-order valence-electron chi connectivity index (χ2n) is 14.3. The molecule has 0 fully saturated rings. The first-order chi connectivity index (χ1) is 25.5. The Hall–Kier alpha value is -5.05. The Bertz CT molecular complexity index is 1750. The number of amides is 2. The molecule has 0 bridgehead atoms. The van der Waals surface area contributed by atoms with E-state index in [1.807, 2.05) is 119 Å². The molecule has 4 atom stereocenters.